The largest absolute Gasteiger partial charge is 0.302 e. The molecule has 2 heteroatoms. The van der Waals surface area contributed by atoms with Gasteiger partial charge in [0, 0.05) is 5.92 Å². The van der Waals surface area contributed by atoms with Gasteiger partial charge in [0.1, 0.15) is 6.29 Å². The highest BCUT2D eigenvalue weighted by Crippen LogP contribution is 2.44. The molecule has 0 heterocycles. The van der Waals surface area contributed by atoms with Gasteiger partial charge >= 0.3 is 0 Å². The molecule has 2 rings (SSSR count). The van der Waals surface area contributed by atoms with E-state index in [-0.39, 0.29) is 11.7 Å². The second-order valence-corrected chi connectivity index (χ2v) is 4.24. The van der Waals surface area contributed by atoms with Crippen LogP contribution in [0.5, 0.6) is 0 Å². The molecule has 0 saturated heterocycles. The van der Waals surface area contributed by atoms with Crippen LogP contribution in [-0.2, 0) is 9.59 Å². The number of hydrogen-bond donors (Lipinski definition) is 0. The van der Waals surface area contributed by atoms with E-state index >= 15 is 0 Å². The van der Waals surface area contributed by atoms with Gasteiger partial charge in [-0.15, -0.1) is 0 Å². The summed E-state index contributed by atoms with van der Waals surface area (Å²) in [5, 5.41) is 0. The third-order valence-corrected chi connectivity index (χ3v) is 3.49. The number of aldehydes is 1. The van der Waals surface area contributed by atoms with Crippen molar-refractivity contribution in [2.75, 3.05) is 0 Å². The fourth-order valence-electron chi connectivity index (χ4n) is 2.51. The molecule has 0 N–H and O–H groups in total. The van der Waals surface area contributed by atoms with Crippen molar-refractivity contribution in [3.63, 3.8) is 0 Å². The maximum atomic E-state index is 11.9. The molecule has 13 heavy (non-hydrogen) atoms. The first-order valence-corrected chi connectivity index (χ1v) is 4.87. The van der Waals surface area contributed by atoms with Gasteiger partial charge in [-0.25, -0.2) is 0 Å². The zero-order chi connectivity index (χ0) is 9.47. The molecule has 70 valence electrons. The zero-order valence-electron chi connectivity index (χ0n) is 7.88. The van der Waals surface area contributed by atoms with Crippen LogP contribution in [0.4, 0.5) is 0 Å². The van der Waals surface area contributed by atoms with E-state index in [0.29, 0.717) is 6.42 Å². The fraction of sp³-hybridized carbons (Fsp3) is 0.636. The predicted octanol–water partition coefficient (Wildman–Crippen LogP) is 1.89. The van der Waals surface area contributed by atoms with Crippen molar-refractivity contribution in [2.45, 2.75) is 32.6 Å². The number of rotatable bonds is 1. The molecule has 1 fully saturated rings. The van der Waals surface area contributed by atoms with Crippen molar-refractivity contribution in [3.8, 4) is 0 Å². The lowest BCUT2D eigenvalue weighted by atomic mass is 9.62. The second kappa shape index (κ2) is 2.79. The van der Waals surface area contributed by atoms with Crippen LogP contribution < -0.4 is 0 Å². The number of carbonyl (C=O) groups is 2. The quantitative estimate of drug-likeness (QED) is 0.349. The molecule has 0 spiro atoms. The highest BCUT2D eigenvalue weighted by atomic mass is 16.1. The Balaban J connectivity index is 2.42. The Kier molecular flexibility index (Phi) is 1.86. The molecule has 2 aliphatic carbocycles. The number of ketones is 1. The molecule has 2 atom stereocenters. The Labute approximate surface area is 78.0 Å². The predicted molar refractivity (Wildman–Crippen MR) is 49.2 cm³/mol. The van der Waals surface area contributed by atoms with Crippen LogP contribution in [0.3, 0.4) is 0 Å². The average molecular weight is 178 g/mol. The van der Waals surface area contributed by atoms with Crippen molar-refractivity contribution >= 4 is 12.1 Å². The van der Waals surface area contributed by atoms with E-state index in [1.165, 1.54) is 5.57 Å². The van der Waals surface area contributed by atoms with Gasteiger partial charge in [0.05, 0.1) is 5.41 Å². The van der Waals surface area contributed by atoms with Gasteiger partial charge in [-0.2, -0.15) is 0 Å². The Bertz CT molecular complexity index is 290. The molecule has 0 aromatic carbocycles. The molecule has 0 aromatic heterocycles. The summed E-state index contributed by atoms with van der Waals surface area (Å²) in [7, 11) is 0. The van der Waals surface area contributed by atoms with E-state index in [0.717, 1.165) is 25.5 Å². The van der Waals surface area contributed by atoms with Crippen LogP contribution in [0.25, 0.3) is 0 Å². The minimum Gasteiger partial charge on any atom is -0.302 e. The fourth-order valence-corrected chi connectivity index (χ4v) is 2.51. The highest BCUT2D eigenvalue weighted by molar-refractivity contribution is 6.02. The highest BCUT2D eigenvalue weighted by Gasteiger charge is 2.46. The molecule has 2 bridgehead atoms. The number of fused-ring (bicyclic) bond motifs is 2. The monoisotopic (exact) mass is 178 g/mol. The third kappa shape index (κ3) is 1.08. The Morgan fingerprint density at radius 2 is 2.38 bits per heavy atom. The number of carbonyl (C=O) groups excluding carboxylic acids is 2. The summed E-state index contributed by atoms with van der Waals surface area (Å²) in [4.78, 5) is 22.9. The van der Waals surface area contributed by atoms with Crippen molar-refractivity contribution in [1.29, 1.82) is 0 Å². The van der Waals surface area contributed by atoms with Gasteiger partial charge < -0.3 is 4.79 Å². The maximum absolute atomic E-state index is 11.9. The van der Waals surface area contributed by atoms with Gasteiger partial charge in [-0.05, 0) is 26.2 Å². The molecule has 2 aliphatic rings. The van der Waals surface area contributed by atoms with Crippen LogP contribution in [0.1, 0.15) is 32.6 Å². The SMILES string of the molecule is CC1=CCC2(C=O)CCCC1C2=O. The van der Waals surface area contributed by atoms with E-state index in [9.17, 15) is 9.59 Å². The Morgan fingerprint density at radius 3 is 3.08 bits per heavy atom. The molecule has 0 radical (unpaired) electrons. The molecule has 2 unspecified atom stereocenters. The van der Waals surface area contributed by atoms with Crippen LogP contribution in [0, 0.1) is 11.3 Å². The first-order valence-electron chi connectivity index (χ1n) is 4.87. The van der Waals surface area contributed by atoms with Gasteiger partial charge in [-0.3, -0.25) is 4.79 Å². The van der Waals surface area contributed by atoms with Gasteiger partial charge in [0.2, 0.25) is 0 Å². The van der Waals surface area contributed by atoms with E-state index in [1.54, 1.807) is 0 Å². The van der Waals surface area contributed by atoms with Crippen molar-refractivity contribution in [1.82, 2.24) is 0 Å². The molecular weight excluding hydrogens is 164 g/mol. The minimum absolute atomic E-state index is 0.0488. The maximum Gasteiger partial charge on any atom is 0.153 e. The van der Waals surface area contributed by atoms with Crippen molar-refractivity contribution in [2.24, 2.45) is 11.3 Å². The summed E-state index contributed by atoms with van der Waals surface area (Å²) in [6.07, 6.45) is 6.30. The third-order valence-electron chi connectivity index (χ3n) is 3.49. The molecule has 0 aliphatic heterocycles. The first kappa shape index (κ1) is 8.67. The summed E-state index contributed by atoms with van der Waals surface area (Å²) in [5.41, 5.74) is 0.532. The first-order chi connectivity index (χ1) is 6.19. The van der Waals surface area contributed by atoms with Gasteiger partial charge in [0.25, 0.3) is 0 Å². The summed E-state index contributed by atoms with van der Waals surface area (Å²) in [5.74, 6) is 0.224. The Hall–Kier alpha value is -0.920. The summed E-state index contributed by atoms with van der Waals surface area (Å²) in [6, 6.07) is 0. The van der Waals surface area contributed by atoms with Crippen molar-refractivity contribution in [3.05, 3.63) is 11.6 Å². The lowest BCUT2D eigenvalue weighted by molar-refractivity contribution is -0.140. The normalized spacial score (nSPS) is 38.4. The van der Waals surface area contributed by atoms with E-state index in [4.69, 9.17) is 0 Å². The van der Waals surface area contributed by atoms with Gasteiger partial charge in [-0.1, -0.05) is 18.1 Å². The summed E-state index contributed by atoms with van der Waals surface area (Å²) < 4.78 is 0. The lowest BCUT2D eigenvalue weighted by Gasteiger charge is -2.38. The number of allylic oxidation sites excluding steroid dienone is 2. The molecule has 2 nitrogen and oxygen atoms in total. The van der Waals surface area contributed by atoms with Crippen molar-refractivity contribution < 1.29 is 9.59 Å². The van der Waals surface area contributed by atoms with E-state index < -0.39 is 5.41 Å². The van der Waals surface area contributed by atoms with E-state index in [2.05, 4.69) is 6.08 Å². The summed E-state index contributed by atoms with van der Waals surface area (Å²) in [6.45, 7) is 2.00. The average Bonchev–Trinajstić information content (AvgIpc) is 2.13. The second-order valence-electron chi connectivity index (χ2n) is 4.24. The molecular formula is C11H14O2. The molecule has 0 amide bonds. The summed E-state index contributed by atoms with van der Waals surface area (Å²) >= 11 is 0. The van der Waals surface area contributed by atoms with E-state index in [1.807, 2.05) is 6.92 Å². The molecule has 1 saturated carbocycles. The smallest absolute Gasteiger partial charge is 0.153 e. The number of hydrogen-bond acceptors (Lipinski definition) is 2. The molecule has 0 aromatic rings. The van der Waals surface area contributed by atoms with Crippen LogP contribution in [-0.4, -0.2) is 12.1 Å². The minimum atomic E-state index is -0.636. The number of Topliss-reactive ketones (excluding diaryl/α,β-unsaturated/α-hetero) is 1. The van der Waals surface area contributed by atoms with Crippen LogP contribution in [0.15, 0.2) is 11.6 Å². The standard InChI is InChI=1S/C11H14O2/c1-8-4-6-11(7-12)5-2-3-9(8)10(11)13/h4,7,9H,2-3,5-6H2,1H3. The van der Waals surface area contributed by atoms with Gasteiger partial charge in [0.15, 0.2) is 5.78 Å². The zero-order valence-corrected chi connectivity index (χ0v) is 7.88. The lowest BCUT2D eigenvalue weighted by Crippen LogP contribution is -2.43. The topological polar surface area (TPSA) is 34.1 Å². The van der Waals surface area contributed by atoms with Crippen LogP contribution in [0.2, 0.25) is 0 Å². The Morgan fingerprint density at radius 1 is 1.62 bits per heavy atom. The van der Waals surface area contributed by atoms with Crippen LogP contribution >= 0.6 is 0 Å².